The van der Waals surface area contributed by atoms with E-state index in [0.717, 1.165) is 6.42 Å². The Labute approximate surface area is 120 Å². The first-order valence-corrected chi connectivity index (χ1v) is 7.98. The number of unbranched alkanes of at least 4 members (excludes halogenated alkanes) is 5. The topological polar surface area (TPSA) is 14.1 Å². The van der Waals surface area contributed by atoms with Gasteiger partial charge in [-0.05, 0) is 19.3 Å². The van der Waals surface area contributed by atoms with Crippen molar-refractivity contribution in [2.75, 3.05) is 0 Å². The zero-order chi connectivity index (χ0) is 14.3. The van der Waals surface area contributed by atoms with Gasteiger partial charge in [-0.15, -0.1) is 16.5 Å². The molecule has 0 saturated heterocycles. The van der Waals surface area contributed by atoms with Crippen LogP contribution in [0.3, 0.4) is 0 Å². The smallest absolute Gasteiger partial charge is 0.114 e. The van der Waals surface area contributed by atoms with Gasteiger partial charge in [-0.2, -0.15) is 0 Å². The average Bonchev–Trinajstić information content (AvgIpc) is 2.38. The van der Waals surface area contributed by atoms with Crippen molar-refractivity contribution in [2.45, 2.75) is 78.6 Å². The van der Waals surface area contributed by atoms with Crippen LogP contribution >= 0.6 is 0 Å². The maximum atomic E-state index is 3.83. The van der Waals surface area contributed by atoms with Crippen molar-refractivity contribution in [1.82, 2.24) is 4.67 Å². The molecule has 0 N–H and O–H groups in total. The molecule has 0 aromatic carbocycles. The van der Waals surface area contributed by atoms with Crippen molar-refractivity contribution in [3.8, 4) is 11.8 Å². The van der Waals surface area contributed by atoms with Crippen molar-refractivity contribution < 1.29 is 0 Å². The molecule has 0 aromatic heterocycles. The van der Waals surface area contributed by atoms with Crippen molar-refractivity contribution >= 4 is 12.9 Å². The predicted octanol–water partition coefficient (Wildman–Crippen LogP) is 4.63. The van der Waals surface area contributed by atoms with E-state index in [9.17, 15) is 0 Å². The fourth-order valence-corrected chi connectivity index (χ4v) is 2.15. The highest BCUT2D eigenvalue weighted by molar-refractivity contribution is 5.60. The van der Waals surface area contributed by atoms with Gasteiger partial charge < -0.3 is 0 Å². The van der Waals surface area contributed by atoms with Gasteiger partial charge in [0.05, 0.1) is 5.92 Å². The number of hydrogen-bond acceptors (Lipinski definition) is 0. The Morgan fingerprint density at radius 3 is 2.32 bits per heavy atom. The van der Waals surface area contributed by atoms with E-state index in [4.69, 9.17) is 0 Å². The van der Waals surface area contributed by atoms with Crippen molar-refractivity contribution in [1.29, 1.82) is 0 Å². The maximum absolute atomic E-state index is 3.83. The Morgan fingerprint density at radius 2 is 1.68 bits per heavy atom. The summed E-state index contributed by atoms with van der Waals surface area (Å²) in [7, 11) is 0. The minimum Gasteiger partial charge on any atom is -0.114 e. The highest BCUT2D eigenvalue weighted by Crippen LogP contribution is 2.13. The van der Waals surface area contributed by atoms with E-state index in [2.05, 4.69) is 44.0 Å². The third-order valence-corrected chi connectivity index (χ3v) is 3.38. The van der Waals surface area contributed by atoms with Crippen LogP contribution in [0.4, 0.5) is 0 Å². The van der Waals surface area contributed by atoms with Gasteiger partial charge in [0.1, 0.15) is 0 Å². The van der Waals surface area contributed by atoms with E-state index in [1.54, 1.807) is 0 Å². The summed E-state index contributed by atoms with van der Waals surface area (Å²) in [6.45, 7) is 10.1. The van der Waals surface area contributed by atoms with Crippen molar-refractivity contribution in [3.63, 3.8) is 0 Å². The lowest BCUT2D eigenvalue weighted by molar-refractivity contribution is 0.532. The summed E-state index contributed by atoms with van der Waals surface area (Å²) >= 11 is 0. The molecule has 0 radical (unpaired) electrons. The SMILES string of the molecule is C=[N+]=CC(C)CCCCCCCC(C)C#CCCC. The molecule has 108 valence electrons. The number of hydrogen-bond donors (Lipinski definition) is 0. The summed E-state index contributed by atoms with van der Waals surface area (Å²) < 4.78 is 3.83. The Hall–Kier alpha value is -0.990. The monoisotopic (exact) mass is 262 g/mol. The Bertz CT molecular complexity index is 301. The molecule has 0 aliphatic heterocycles. The van der Waals surface area contributed by atoms with E-state index < -0.39 is 0 Å². The molecule has 1 nitrogen and oxygen atoms in total. The molecule has 2 unspecified atom stereocenters. The molecule has 0 aromatic rings. The Kier molecular flexibility index (Phi) is 12.7. The molecular weight excluding hydrogens is 230 g/mol. The lowest BCUT2D eigenvalue weighted by Gasteiger charge is -2.04. The first kappa shape index (κ1) is 18.0. The molecular formula is C18H32N+. The van der Waals surface area contributed by atoms with E-state index in [1.807, 2.05) is 6.21 Å². The molecule has 19 heavy (non-hydrogen) atoms. The summed E-state index contributed by atoms with van der Waals surface area (Å²) in [4.78, 5) is 0. The first-order chi connectivity index (χ1) is 9.20. The number of rotatable bonds is 10. The Balaban J connectivity index is 3.36. The van der Waals surface area contributed by atoms with Gasteiger partial charge in [-0.1, -0.05) is 52.9 Å². The average molecular weight is 262 g/mol. The Morgan fingerprint density at radius 1 is 1.05 bits per heavy atom. The van der Waals surface area contributed by atoms with Crippen LogP contribution in [0.25, 0.3) is 0 Å². The highest BCUT2D eigenvalue weighted by Gasteiger charge is 2.02. The summed E-state index contributed by atoms with van der Waals surface area (Å²) in [6, 6.07) is 0. The minimum absolute atomic E-state index is 0.583. The fraction of sp³-hybridized carbons (Fsp3) is 0.778. The molecule has 2 atom stereocenters. The van der Waals surface area contributed by atoms with Gasteiger partial charge in [-0.25, -0.2) is 0 Å². The van der Waals surface area contributed by atoms with Gasteiger partial charge in [0.2, 0.25) is 0 Å². The first-order valence-electron chi connectivity index (χ1n) is 7.98. The molecule has 0 saturated carbocycles. The van der Waals surface area contributed by atoms with Crippen LogP contribution in [-0.2, 0) is 0 Å². The third-order valence-electron chi connectivity index (χ3n) is 3.38. The second-order valence-corrected chi connectivity index (χ2v) is 5.63. The van der Waals surface area contributed by atoms with Crippen LogP contribution in [0.5, 0.6) is 0 Å². The van der Waals surface area contributed by atoms with Crippen LogP contribution in [0.2, 0.25) is 0 Å². The van der Waals surface area contributed by atoms with Crippen LogP contribution in [0, 0.1) is 23.7 Å². The minimum atomic E-state index is 0.583. The molecule has 0 fully saturated rings. The van der Waals surface area contributed by atoms with Crippen LogP contribution < -0.4 is 4.67 Å². The van der Waals surface area contributed by atoms with Crippen LogP contribution in [0.1, 0.15) is 78.6 Å². The summed E-state index contributed by atoms with van der Waals surface area (Å²) in [5.41, 5.74) is 0. The largest absolute Gasteiger partial charge is 0.271 e. The second-order valence-electron chi connectivity index (χ2n) is 5.63. The van der Waals surface area contributed by atoms with E-state index in [-0.39, 0.29) is 0 Å². The van der Waals surface area contributed by atoms with Crippen molar-refractivity contribution in [3.05, 3.63) is 0 Å². The molecule has 0 aliphatic rings. The summed E-state index contributed by atoms with van der Waals surface area (Å²) in [5, 5.41) is 0. The highest BCUT2D eigenvalue weighted by atomic mass is 14.5. The normalized spacial score (nSPS) is 13.0. The fourth-order valence-electron chi connectivity index (χ4n) is 2.15. The molecule has 0 bridgehead atoms. The van der Waals surface area contributed by atoms with E-state index >= 15 is 0 Å². The quantitative estimate of drug-likeness (QED) is 0.236. The predicted molar refractivity (Wildman–Crippen MR) is 88.7 cm³/mol. The van der Waals surface area contributed by atoms with Crippen LogP contribution in [0.15, 0.2) is 0 Å². The zero-order valence-electron chi connectivity index (χ0n) is 13.3. The van der Waals surface area contributed by atoms with Crippen LogP contribution in [-0.4, -0.2) is 12.9 Å². The van der Waals surface area contributed by atoms with E-state index in [0.29, 0.717) is 11.8 Å². The summed E-state index contributed by atoms with van der Waals surface area (Å²) in [6.07, 6.45) is 13.4. The van der Waals surface area contributed by atoms with Gasteiger partial charge in [0.25, 0.3) is 12.9 Å². The second kappa shape index (κ2) is 13.4. The molecule has 0 aliphatic carbocycles. The lowest BCUT2D eigenvalue weighted by atomic mass is 10.0. The maximum Gasteiger partial charge on any atom is 0.271 e. The molecule has 0 amide bonds. The molecule has 0 heterocycles. The van der Waals surface area contributed by atoms with Gasteiger partial charge in [0.15, 0.2) is 0 Å². The molecule has 0 rings (SSSR count). The number of nitrogens with zero attached hydrogens (tertiary/aromatic N) is 1. The zero-order valence-corrected chi connectivity index (χ0v) is 13.3. The van der Waals surface area contributed by atoms with Gasteiger partial charge in [-0.3, -0.25) is 0 Å². The third kappa shape index (κ3) is 13.2. The molecule has 0 spiro atoms. The van der Waals surface area contributed by atoms with Gasteiger partial charge >= 0.3 is 0 Å². The van der Waals surface area contributed by atoms with Crippen molar-refractivity contribution in [2.24, 2.45) is 11.8 Å². The standard InChI is InChI=1S/C18H32N/c1-5-6-10-13-17(2)14-11-8-7-9-12-15-18(3)16-19-4/h16-18H,4-9,11-12,14-15H2,1-3H3/q+1. The van der Waals surface area contributed by atoms with Gasteiger partial charge in [0, 0.05) is 12.3 Å². The lowest BCUT2D eigenvalue weighted by Crippen LogP contribution is -1.97. The summed E-state index contributed by atoms with van der Waals surface area (Å²) in [5.74, 6) is 7.77. The van der Waals surface area contributed by atoms with E-state index in [1.165, 1.54) is 51.4 Å². The molecule has 1 heteroatoms.